The van der Waals surface area contributed by atoms with Gasteiger partial charge in [-0.05, 0) is 19.3 Å². The predicted molar refractivity (Wildman–Crippen MR) is 58.5 cm³/mol. The van der Waals surface area contributed by atoms with Gasteiger partial charge < -0.3 is 10.4 Å². The molecule has 0 rings (SSSR count). The van der Waals surface area contributed by atoms with E-state index in [1.165, 1.54) is 0 Å². The van der Waals surface area contributed by atoms with E-state index in [0.717, 1.165) is 32.1 Å². The third-order valence-electron chi connectivity index (χ3n) is 2.05. The number of aliphatic hydroxyl groups excluding tert-OH is 1. The molecule has 0 saturated heterocycles. The molecule has 0 aliphatic carbocycles. The van der Waals surface area contributed by atoms with Gasteiger partial charge in [-0.3, -0.25) is 4.79 Å². The molecule has 0 heterocycles. The van der Waals surface area contributed by atoms with Gasteiger partial charge in [0, 0.05) is 6.54 Å². The third-order valence-corrected chi connectivity index (χ3v) is 2.29. The molecule has 1 amide bonds. The Morgan fingerprint density at radius 1 is 1.43 bits per heavy atom. The van der Waals surface area contributed by atoms with E-state index in [2.05, 4.69) is 12.2 Å². The first kappa shape index (κ1) is 13.7. The van der Waals surface area contributed by atoms with E-state index < -0.39 is 0 Å². The molecule has 1 atom stereocenters. The van der Waals surface area contributed by atoms with Crippen molar-refractivity contribution in [1.82, 2.24) is 5.32 Å². The van der Waals surface area contributed by atoms with Gasteiger partial charge in [0.05, 0.1) is 6.10 Å². The molecular weight excluding hydrogens is 202 g/mol. The Labute approximate surface area is 90.8 Å². The van der Waals surface area contributed by atoms with Crippen molar-refractivity contribution >= 4 is 17.5 Å². The molecule has 0 aliphatic rings. The topological polar surface area (TPSA) is 49.3 Å². The van der Waals surface area contributed by atoms with Gasteiger partial charge in [0.2, 0.25) is 5.91 Å². The largest absolute Gasteiger partial charge is 0.393 e. The van der Waals surface area contributed by atoms with Crippen LogP contribution in [0.25, 0.3) is 0 Å². The fraction of sp³-hybridized carbons (Fsp3) is 0.900. The maximum Gasteiger partial charge on any atom is 0.234 e. The van der Waals surface area contributed by atoms with Crippen LogP contribution in [0, 0.1) is 0 Å². The Hall–Kier alpha value is -0.280. The van der Waals surface area contributed by atoms with Crippen molar-refractivity contribution in [1.29, 1.82) is 0 Å². The number of alkyl halides is 1. The predicted octanol–water partition coefficient (Wildman–Crippen LogP) is 1.67. The minimum Gasteiger partial charge on any atom is -0.393 e. The van der Waals surface area contributed by atoms with E-state index in [1.807, 2.05) is 0 Å². The molecule has 0 aromatic carbocycles. The van der Waals surface area contributed by atoms with Crippen LogP contribution >= 0.6 is 11.6 Å². The van der Waals surface area contributed by atoms with E-state index in [0.29, 0.717) is 6.54 Å². The van der Waals surface area contributed by atoms with E-state index in [-0.39, 0.29) is 17.9 Å². The summed E-state index contributed by atoms with van der Waals surface area (Å²) in [5.74, 6) is -0.131. The standard InChI is InChI=1S/C10H20ClNO2/c1-2-3-5-9(13)6-4-7-12-10(14)8-11/h9,13H,2-8H2,1H3,(H,12,14). The first-order valence-corrected chi connectivity index (χ1v) is 5.74. The summed E-state index contributed by atoms with van der Waals surface area (Å²) in [4.78, 5) is 10.7. The fourth-order valence-corrected chi connectivity index (χ4v) is 1.29. The highest BCUT2D eigenvalue weighted by atomic mass is 35.5. The quantitative estimate of drug-likeness (QED) is 0.484. The van der Waals surface area contributed by atoms with Crippen LogP contribution in [0.4, 0.5) is 0 Å². The number of carbonyl (C=O) groups is 1. The molecule has 0 radical (unpaired) electrons. The summed E-state index contributed by atoms with van der Waals surface area (Å²) in [6, 6.07) is 0. The van der Waals surface area contributed by atoms with Gasteiger partial charge in [0.25, 0.3) is 0 Å². The Balaban J connectivity index is 3.22. The van der Waals surface area contributed by atoms with Gasteiger partial charge in [-0.15, -0.1) is 11.6 Å². The highest BCUT2D eigenvalue weighted by Crippen LogP contribution is 2.05. The molecule has 2 N–H and O–H groups in total. The SMILES string of the molecule is CCCCC(O)CCCNC(=O)CCl. The van der Waals surface area contributed by atoms with Crippen LogP contribution in [0.15, 0.2) is 0 Å². The number of hydrogen-bond donors (Lipinski definition) is 2. The van der Waals surface area contributed by atoms with Gasteiger partial charge in [-0.25, -0.2) is 0 Å². The summed E-state index contributed by atoms with van der Waals surface area (Å²) in [5, 5.41) is 12.1. The summed E-state index contributed by atoms with van der Waals surface area (Å²) < 4.78 is 0. The number of amides is 1. The summed E-state index contributed by atoms with van der Waals surface area (Å²) in [5.41, 5.74) is 0. The molecule has 0 aromatic heterocycles. The summed E-state index contributed by atoms with van der Waals surface area (Å²) in [6.45, 7) is 2.71. The van der Waals surface area contributed by atoms with Crippen molar-refractivity contribution in [2.45, 2.75) is 45.1 Å². The van der Waals surface area contributed by atoms with Gasteiger partial charge in [0.15, 0.2) is 0 Å². The number of hydrogen-bond acceptors (Lipinski definition) is 2. The number of unbranched alkanes of at least 4 members (excludes halogenated alkanes) is 1. The second-order valence-electron chi connectivity index (χ2n) is 3.42. The maximum absolute atomic E-state index is 10.7. The highest BCUT2D eigenvalue weighted by Gasteiger charge is 2.03. The number of rotatable bonds is 8. The number of aliphatic hydroxyl groups is 1. The lowest BCUT2D eigenvalue weighted by atomic mass is 10.1. The van der Waals surface area contributed by atoms with E-state index in [9.17, 15) is 9.90 Å². The molecule has 0 saturated carbocycles. The number of halogens is 1. The molecular formula is C10H20ClNO2. The lowest BCUT2D eigenvalue weighted by molar-refractivity contribution is -0.118. The molecule has 4 heteroatoms. The zero-order valence-corrected chi connectivity index (χ0v) is 9.52. The van der Waals surface area contributed by atoms with Gasteiger partial charge >= 0.3 is 0 Å². The smallest absolute Gasteiger partial charge is 0.234 e. The molecule has 3 nitrogen and oxygen atoms in total. The third kappa shape index (κ3) is 8.32. The Bertz CT molecular complexity index is 153. The zero-order chi connectivity index (χ0) is 10.8. The zero-order valence-electron chi connectivity index (χ0n) is 8.76. The lowest BCUT2D eigenvalue weighted by Gasteiger charge is -2.09. The monoisotopic (exact) mass is 221 g/mol. The van der Waals surface area contributed by atoms with Crippen molar-refractivity contribution in [3.8, 4) is 0 Å². The van der Waals surface area contributed by atoms with Gasteiger partial charge in [-0.2, -0.15) is 0 Å². The highest BCUT2D eigenvalue weighted by molar-refractivity contribution is 6.27. The summed E-state index contributed by atoms with van der Waals surface area (Å²) in [6.07, 6.45) is 4.38. The Morgan fingerprint density at radius 2 is 2.07 bits per heavy atom. The first-order valence-electron chi connectivity index (χ1n) is 5.21. The van der Waals surface area contributed by atoms with Gasteiger partial charge in [0.1, 0.15) is 5.88 Å². The van der Waals surface area contributed by atoms with Crippen LogP contribution in [-0.2, 0) is 4.79 Å². The molecule has 0 spiro atoms. The lowest BCUT2D eigenvalue weighted by Crippen LogP contribution is -2.26. The van der Waals surface area contributed by atoms with Crippen LogP contribution in [0.2, 0.25) is 0 Å². The number of nitrogens with one attached hydrogen (secondary N) is 1. The first-order chi connectivity index (χ1) is 6.70. The Kier molecular flexibility index (Phi) is 9.10. The van der Waals surface area contributed by atoms with Crippen LogP contribution in [-0.4, -0.2) is 29.5 Å². The van der Waals surface area contributed by atoms with Crippen LogP contribution in [0.1, 0.15) is 39.0 Å². The normalized spacial score (nSPS) is 12.5. The van der Waals surface area contributed by atoms with Crippen molar-refractivity contribution in [2.75, 3.05) is 12.4 Å². The molecule has 0 bridgehead atoms. The van der Waals surface area contributed by atoms with Crippen LogP contribution in [0.5, 0.6) is 0 Å². The summed E-state index contributed by atoms with van der Waals surface area (Å²) >= 11 is 5.30. The van der Waals surface area contributed by atoms with E-state index in [4.69, 9.17) is 11.6 Å². The van der Waals surface area contributed by atoms with Crippen molar-refractivity contribution in [3.63, 3.8) is 0 Å². The summed E-state index contributed by atoms with van der Waals surface area (Å²) in [7, 11) is 0. The van der Waals surface area contributed by atoms with E-state index >= 15 is 0 Å². The molecule has 0 aromatic rings. The minimum absolute atomic E-state index is 0.0123. The second-order valence-corrected chi connectivity index (χ2v) is 3.69. The maximum atomic E-state index is 10.7. The van der Waals surface area contributed by atoms with Crippen molar-refractivity contribution in [2.24, 2.45) is 0 Å². The average Bonchev–Trinajstić information content (AvgIpc) is 2.21. The molecule has 14 heavy (non-hydrogen) atoms. The number of carbonyl (C=O) groups excluding carboxylic acids is 1. The van der Waals surface area contributed by atoms with Crippen LogP contribution < -0.4 is 5.32 Å². The molecule has 84 valence electrons. The molecule has 1 unspecified atom stereocenters. The molecule has 0 fully saturated rings. The molecule has 0 aliphatic heterocycles. The van der Waals surface area contributed by atoms with Crippen LogP contribution in [0.3, 0.4) is 0 Å². The second kappa shape index (κ2) is 9.28. The van der Waals surface area contributed by atoms with Crippen molar-refractivity contribution < 1.29 is 9.90 Å². The fourth-order valence-electron chi connectivity index (χ4n) is 1.20. The minimum atomic E-state index is -0.220. The average molecular weight is 222 g/mol. The van der Waals surface area contributed by atoms with Crippen molar-refractivity contribution in [3.05, 3.63) is 0 Å². The van der Waals surface area contributed by atoms with Gasteiger partial charge in [-0.1, -0.05) is 19.8 Å². The van der Waals surface area contributed by atoms with E-state index in [1.54, 1.807) is 0 Å². The Morgan fingerprint density at radius 3 is 2.64 bits per heavy atom.